The summed E-state index contributed by atoms with van der Waals surface area (Å²) in [6.07, 6.45) is 6.10. The predicted molar refractivity (Wildman–Crippen MR) is 366 cm³/mol. The van der Waals surface area contributed by atoms with Crippen LogP contribution in [0.5, 0.6) is 0 Å². The average Bonchev–Trinajstić information content (AvgIpc) is 3.76. The minimum absolute atomic E-state index is 1.02. The van der Waals surface area contributed by atoms with E-state index in [9.17, 15) is 0 Å². The second-order valence-electron chi connectivity index (χ2n) is 22.7. The molecule has 0 aliphatic rings. The van der Waals surface area contributed by atoms with Crippen LogP contribution in [0.2, 0.25) is 0 Å². The lowest BCUT2D eigenvalue weighted by molar-refractivity contribution is 1.14. The van der Waals surface area contributed by atoms with E-state index >= 15 is 0 Å². The Labute approximate surface area is 505 Å². The molecule has 0 saturated heterocycles. The monoisotopic (exact) mass is 1100 g/mol. The van der Waals surface area contributed by atoms with Crippen molar-refractivity contribution in [2.45, 2.75) is 80.1 Å². The Balaban J connectivity index is 0.953. The highest BCUT2D eigenvalue weighted by atomic mass is 15.1. The molecule has 1 nitrogen and oxygen atoms in total. The molecular weight excluding hydrogens is 1020 g/mol. The fourth-order valence-electron chi connectivity index (χ4n) is 11.8. The van der Waals surface area contributed by atoms with Crippen molar-refractivity contribution < 1.29 is 0 Å². The maximum Gasteiger partial charge on any atom is 0.0462 e. The Bertz CT molecular complexity index is 3550. The highest BCUT2D eigenvalue weighted by molar-refractivity contribution is 5.87. The molecule has 0 atom stereocenters. The number of anilines is 3. The second kappa shape index (κ2) is 25.5. The van der Waals surface area contributed by atoms with Crippen molar-refractivity contribution in [3.63, 3.8) is 0 Å². The molecule has 0 amide bonds. The zero-order chi connectivity index (χ0) is 58.2. The molecule has 0 spiro atoms. The summed E-state index contributed by atoms with van der Waals surface area (Å²) in [4.78, 5) is 2.41. The summed E-state index contributed by atoms with van der Waals surface area (Å²) >= 11 is 0. The molecule has 85 heavy (non-hydrogen) atoms. The van der Waals surface area contributed by atoms with Crippen LogP contribution >= 0.6 is 0 Å². The molecule has 1 heteroatoms. The van der Waals surface area contributed by atoms with E-state index in [4.69, 9.17) is 0 Å². The fourth-order valence-corrected chi connectivity index (χ4v) is 11.8. The molecule has 0 N–H and O–H groups in total. The fraction of sp³-hybridized carbons (Fsp3) is 0.143. The van der Waals surface area contributed by atoms with Gasteiger partial charge in [-0.15, -0.1) is 0 Å². The Kier molecular flexibility index (Phi) is 16.8. The van der Waals surface area contributed by atoms with Gasteiger partial charge in [0.2, 0.25) is 0 Å². The lowest BCUT2D eigenvalue weighted by Gasteiger charge is -2.26. The third-order valence-electron chi connectivity index (χ3n) is 17.3. The molecule has 0 radical (unpaired) electrons. The van der Waals surface area contributed by atoms with Crippen molar-refractivity contribution in [2.75, 3.05) is 4.90 Å². The van der Waals surface area contributed by atoms with Crippen LogP contribution in [-0.2, 0) is 38.5 Å². The van der Waals surface area contributed by atoms with Crippen LogP contribution in [0.25, 0.3) is 100 Å². The van der Waals surface area contributed by atoms with E-state index in [1.54, 1.807) is 0 Å². The van der Waals surface area contributed by atoms with Gasteiger partial charge in [0.1, 0.15) is 0 Å². The highest BCUT2D eigenvalue weighted by Crippen LogP contribution is 2.42. The van der Waals surface area contributed by atoms with Crippen LogP contribution in [0, 0.1) is 0 Å². The van der Waals surface area contributed by atoms with Crippen LogP contribution in [-0.4, -0.2) is 0 Å². The van der Waals surface area contributed by atoms with Crippen molar-refractivity contribution in [1.82, 2.24) is 0 Å². The lowest BCUT2D eigenvalue weighted by Crippen LogP contribution is -2.09. The predicted octanol–water partition coefficient (Wildman–Crippen LogP) is 23.5. The van der Waals surface area contributed by atoms with Crippen LogP contribution in [0.1, 0.15) is 74.9 Å². The molecule has 0 saturated carbocycles. The van der Waals surface area contributed by atoms with E-state index in [-0.39, 0.29) is 0 Å². The largest absolute Gasteiger partial charge is 0.311 e. The Hall–Kier alpha value is -9.56. The molecule has 0 heterocycles. The third-order valence-corrected chi connectivity index (χ3v) is 17.3. The quantitative estimate of drug-likeness (QED) is 0.0828. The summed E-state index contributed by atoms with van der Waals surface area (Å²) in [5, 5.41) is 0. The van der Waals surface area contributed by atoms with Gasteiger partial charge in [-0.2, -0.15) is 0 Å². The van der Waals surface area contributed by atoms with Gasteiger partial charge in [0, 0.05) is 17.1 Å². The number of aryl methyl sites for hydroxylation is 6. The van der Waals surface area contributed by atoms with Crippen LogP contribution in [0.4, 0.5) is 17.1 Å². The molecule has 0 fully saturated rings. The van der Waals surface area contributed by atoms with Gasteiger partial charge >= 0.3 is 0 Å². The Morgan fingerprint density at radius 1 is 0.153 bits per heavy atom. The maximum atomic E-state index is 2.41. The molecular formula is C84H75N. The Morgan fingerprint density at radius 3 is 0.388 bits per heavy atom. The van der Waals surface area contributed by atoms with Crippen molar-refractivity contribution in [3.05, 3.63) is 306 Å². The molecule has 0 aliphatic carbocycles. The number of rotatable bonds is 18. The summed E-state index contributed by atoms with van der Waals surface area (Å²) in [5.74, 6) is 0. The number of hydrogen-bond acceptors (Lipinski definition) is 1. The van der Waals surface area contributed by atoms with Gasteiger partial charge in [-0.05, 0) is 263 Å². The summed E-state index contributed by atoms with van der Waals surface area (Å²) in [5.41, 5.74) is 33.0. The van der Waals surface area contributed by atoms with E-state index in [0.29, 0.717) is 0 Å². The summed E-state index contributed by atoms with van der Waals surface area (Å²) < 4.78 is 0. The zero-order valence-electron chi connectivity index (χ0n) is 50.2. The molecule has 0 aromatic heterocycles. The van der Waals surface area contributed by atoms with Crippen LogP contribution in [0.3, 0.4) is 0 Å². The van der Waals surface area contributed by atoms with E-state index in [1.165, 1.54) is 134 Å². The minimum atomic E-state index is 1.02. The summed E-state index contributed by atoms with van der Waals surface area (Å²) in [6.45, 7) is 13.3. The first-order valence-electron chi connectivity index (χ1n) is 30.9. The van der Waals surface area contributed by atoms with Gasteiger partial charge in [0.05, 0.1) is 0 Å². The second-order valence-corrected chi connectivity index (χ2v) is 22.7. The third kappa shape index (κ3) is 12.5. The first-order valence-corrected chi connectivity index (χ1v) is 30.9. The molecule has 416 valence electrons. The molecule has 12 rings (SSSR count). The summed E-state index contributed by atoms with van der Waals surface area (Å²) in [7, 11) is 0. The molecule has 0 bridgehead atoms. The topological polar surface area (TPSA) is 3.24 Å². The van der Waals surface area contributed by atoms with Gasteiger partial charge in [-0.1, -0.05) is 224 Å². The molecule has 12 aromatic rings. The molecule has 0 unspecified atom stereocenters. The summed E-state index contributed by atoms with van der Waals surface area (Å²) in [6, 6.07) is 103. The molecule has 12 aromatic carbocycles. The first-order chi connectivity index (χ1) is 41.7. The normalized spacial score (nSPS) is 11.2. The standard InChI is InChI=1S/C84H75N/c1-7-58-13-25-64(26-14-58)73-49-74(65-27-15-59(8-2)16-28-65)53-79(52-73)70-37-43-82(44-38-70)85(83-45-39-71(40-46-83)80-54-75(66-29-17-60(9-3)18-30-66)50-76(55-80)67-31-19-61(10-4)20-32-67)84-47-41-72(42-48-84)81-56-77(68-33-21-62(11-5)22-34-68)51-78(57-81)69-35-23-63(12-6)24-36-69/h13-57H,7-12H2,1-6H3. The lowest BCUT2D eigenvalue weighted by atomic mass is 9.92. The SMILES string of the molecule is CCc1ccc(-c2cc(-c3ccc(CC)cc3)cc(-c3ccc(N(c4ccc(-c5cc(-c6ccc(CC)cc6)cc(-c6ccc(CC)cc6)c5)cc4)c4ccc(-c5cc(-c6ccc(CC)cc6)cc(-c6ccc(CC)cc6)c5)cc4)cc3)c2)cc1. The first kappa shape index (κ1) is 55.9. The number of benzene rings is 12. The minimum Gasteiger partial charge on any atom is -0.311 e. The van der Waals surface area contributed by atoms with Gasteiger partial charge in [-0.3, -0.25) is 0 Å². The van der Waals surface area contributed by atoms with Crippen molar-refractivity contribution >= 4 is 17.1 Å². The zero-order valence-corrected chi connectivity index (χ0v) is 50.2. The number of nitrogens with zero attached hydrogens (tertiary/aromatic N) is 1. The highest BCUT2D eigenvalue weighted by Gasteiger charge is 2.17. The number of hydrogen-bond donors (Lipinski definition) is 0. The average molecular weight is 1100 g/mol. The van der Waals surface area contributed by atoms with E-state index < -0.39 is 0 Å². The van der Waals surface area contributed by atoms with E-state index in [0.717, 1.165) is 55.6 Å². The van der Waals surface area contributed by atoms with Gasteiger partial charge in [0.25, 0.3) is 0 Å². The van der Waals surface area contributed by atoms with E-state index in [1.807, 2.05) is 0 Å². The smallest absolute Gasteiger partial charge is 0.0462 e. The maximum absolute atomic E-state index is 2.41. The Morgan fingerprint density at radius 2 is 0.271 bits per heavy atom. The van der Waals surface area contributed by atoms with Crippen molar-refractivity contribution in [1.29, 1.82) is 0 Å². The van der Waals surface area contributed by atoms with Gasteiger partial charge < -0.3 is 4.90 Å². The van der Waals surface area contributed by atoms with E-state index in [2.05, 4.69) is 319 Å². The van der Waals surface area contributed by atoms with Gasteiger partial charge in [0.15, 0.2) is 0 Å². The van der Waals surface area contributed by atoms with Crippen LogP contribution < -0.4 is 4.90 Å². The van der Waals surface area contributed by atoms with Gasteiger partial charge in [-0.25, -0.2) is 0 Å². The molecule has 0 aliphatic heterocycles. The van der Waals surface area contributed by atoms with Crippen molar-refractivity contribution in [3.8, 4) is 100 Å². The van der Waals surface area contributed by atoms with Crippen LogP contribution in [0.15, 0.2) is 273 Å². The van der Waals surface area contributed by atoms with Crippen molar-refractivity contribution in [2.24, 2.45) is 0 Å².